The van der Waals surface area contributed by atoms with Gasteiger partial charge in [0.25, 0.3) is 5.91 Å². The van der Waals surface area contributed by atoms with E-state index in [1.807, 2.05) is 31.2 Å². The Kier molecular flexibility index (Phi) is 6.79. The van der Waals surface area contributed by atoms with Gasteiger partial charge >= 0.3 is 0 Å². The zero-order valence-electron chi connectivity index (χ0n) is 12.0. The fraction of sp³-hybridized carbons (Fsp3) is 0.429. The van der Waals surface area contributed by atoms with Crippen molar-refractivity contribution in [3.8, 4) is 5.75 Å². The van der Waals surface area contributed by atoms with Crippen molar-refractivity contribution < 1.29 is 9.53 Å². The van der Waals surface area contributed by atoms with Crippen molar-refractivity contribution in [3.05, 3.63) is 29.8 Å². The third kappa shape index (κ3) is 5.44. The highest BCUT2D eigenvalue weighted by Crippen LogP contribution is 2.25. The number of amides is 1. The quantitative estimate of drug-likeness (QED) is 0.570. The largest absolute Gasteiger partial charge is 0.483 e. The number of nitrogens with one attached hydrogen (secondary N) is 3. The molecule has 1 aromatic rings. The van der Waals surface area contributed by atoms with Crippen LogP contribution in [0.4, 0.5) is 0 Å². The maximum atomic E-state index is 11.6. The van der Waals surface area contributed by atoms with Crippen LogP contribution in [0.15, 0.2) is 24.3 Å². The summed E-state index contributed by atoms with van der Waals surface area (Å²) in [5.41, 5.74) is 6.15. The molecule has 0 saturated heterocycles. The van der Waals surface area contributed by atoms with Gasteiger partial charge < -0.3 is 10.1 Å². The van der Waals surface area contributed by atoms with Crippen LogP contribution in [0.5, 0.6) is 5.75 Å². The van der Waals surface area contributed by atoms with Crippen LogP contribution in [0, 0.1) is 0 Å². The summed E-state index contributed by atoms with van der Waals surface area (Å²) < 4.78 is 5.54. The molecule has 0 aliphatic rings. The van der Waals surface area contributed by atoms with E-state index in [1.54, 1.807) is 0 Å². The van der Waals surface area contributed by atoms with Crippen molar-refractivity contribution in [1.29, 1.82) is 0 Å². The maximum Gasteiger partial charge on any atom is 0.276 e. The Bertz CT molecular complexity index is 463. The zero-order chi connectivity index (χ0) is 15.0. The predicted molar refractivity (Wildman–Crippen MR) is 83.6 cm³/mol. The maximum absolute atomic E-state index is 11.6. The molecule has 0 atom stereocenters. The van der Waals surface area contributed by atoms with Crippen LogP contribution in [0.2, 0.25) is 0 Å². The van der Waals surface area contributed by atoms with Crippen molar-refractivity contribution >= 4 is 23.2 Å². The number of para-hydroxylation sites is 1. The van der Waals surface area contributed by atoms with E-state index in [-0.39, 0.29) is 12.5 Å². The van der Waals surface area contributed by atoms with Gasteiger partial charge in [0.15, 0.2) is 11.7 Å². The van der Waals surface area contributed by atoms with Crippen LogP contribution in [0.3, 0.4) is 0 Å². The van der Waals surface area contributed by atoms with Crippen LogP contribution in [-0.4, -0.2) is 24.2 Å². The number of hydrogen-bond acceptors (Lipinski definition) is 3. The second-order valence-corrected chi connectivity index (χ2v) is 4.92. The molecule has 0 unspecified atom stereocenters. The summed E-state index contributed by atoms with van der Waals surface area (Å²) in [6.45, 7) is 6.71. The van der Waals surface area contributed by atoms with Gasteiger partial charge in [0.2, 0.25) is 0 Å². The molecule has 1 aromatic carbocycles. The lowest BCUT2D eigenvalue weighted by molar-refractivity contribution is -0.123. The van der Waals surface area contributed by atoms with E-state index < -0.39 is 0 Å². The van der Waals surface area contributed by atoms with Crippen LogP contribution >= 0.6 is 12.2 Å². The van der Waals surface area contributed by atoms with Gasteiger partial charge in [0, 0.05) is 6.54 Å². The lowest BCUT2D eigenvalue weighted by atomic mass is 10.0. The molecule has 1 amide bonds. The number of carbonyl (C=O) groups excluding carboxylic acids is 1. The number of rotatable bonds is 5. The highest BCUT2D eigenvalue weighted by Gasteiger charge is 2.09. The van der Waals surface area contributed by atoms with Gasteiger partial charge in [-0.05, 0) is 36.7 Å². The summed E-state index contributed by atoms with van der Waals surface area (Å²) in [6, 6.07) is 7.70. The summed E-state index contributed by atoms with van der Waals surface area (Å²) in [6.07, 6.45) is 0. The molecular weight excluding hydrogens is 274 g/mol. The molecule has 0 fully saturated rings. The molecule has 3 N–H and O–H groups in total. The number of ether oxygens (including phenoxy) is 1. The summed E-state index contributed by atoms with van der Waals surface area (Å²) in [7, 11) is 0. The van der Waals surface area contributed by atoms with Crippen molar-refractivity contribution in [2.24, 2.45) is 0 Å². The topological polar surface area (TPSA) is 62.4 Å². The standard InChI is InChI=1S/C14H21N3O2S/c1-4-15-14(20)17-16-13(18)9-19-12-8-6-5-7-11(12)10(2)3/h5-8,10H,4,9H2,1-3H3,(H,16,18)(H2,15,17,20). The Balaban J connectivity index is 2.43. The van der Waals surface area contributed by atoms with E-state index in [0.717, 1.165) is 11.3 Å². The van der Waals surface area contributed by atoms with E-state index >= 15 is 0 Å². The number of hydrazine groups is 1. The van der Waals surface area contributed by atoms with Gasteiger partial charge in [-0.1, -0.05) is 32.0 Å². The molecule has 0 aromatic heterocycles. The van der Waals surface area contributed by atoms with Crippen molar-refractivity contribution in [2.75, 3.05) is 13.2 Å². The second-order valence-electron chi connectivity index (χ2n) is 4.51. The summed E-state index contributed by atoms with van der Waals surface area (Å²) in [4.78, 5) is 11.6. The first-order chi connectivity index (χ1) is 9.54. The minimum absolute atomic E-state index is 0.0640. The highest BCUT2D eigenvalue weighted by atomic mass is 32.1. The monoisotopic (exact) mass is 295 g/mol. The first-order valence-electron chi connectivity index (χ1n) is 6.59. The summed E-state index contributed by atoms with van der Waals surface area (Å²) in [5.74, 6) is 0.782. The lowest BCUT2D eigenvalue weighted by Gasteiger charge is -2.14. The summed E-state index contributed by atoms with van der Waals surface area (Å²) >= 11 is 4.93. The average molecular weight is 295 g/mol. The summed E-state index contributed by atoms with van der Waals surface area (Å²) in [5, 5.41) is 3.24. The van der Waals surface area contributed by atoms with Gasteiger partial charge in [-0.25, -0.2) is 0 Å². The van der Waals surface area contributed by atoms with Crippen LogP contribution in [0.25, 0.3) is 0 Å². The molecular formula is C14H21N3O2S. The predicted octanol–water partition coefficient (Wildman–Crippen LogP) is 1.70. The Morgan fingerprint density at radius 1 is 1.30 bits per heavy atom. The minimum atomic E-state index is -0.288. The number of hydrogen-bond donors (Lipinski definition) is 3. The van der Waals surface area contributed by atoms with Gasteiger partial charge in [0.1, 0.15) is 5.75 Å². The minimum Gasteiger partial charge on any atom is -0.483 e. The van der Waals surface area contributed by atoms with Gasteiger partial charge in [-0.3, -0.25) is 15.6 Å². The molecule has 0 bridgehead atoms. The normalized spacial score (nSPS) is 10.0. The smallest absolute Gasteiger partial charge is 0.276 e. The van der Waals surface area contributed by atoms with Crippen molar-refractivity contribution in [2.45, 2.75) is 26.7 Å². The number of benzene rings is 1. The molecule has 110 valence electrons. The van der Waals surface area contributed by atoms with E-state index in [4.69, 9.17) is 17.0 Å². The third-order valence-corrected chi connectivity index (χ3v) is 2.80. The van der Waals surface area contributed by atoms with E-state index in [0.29, 0.717) is 17.6 Å². The highest BCUT2D eigenvalue weighted by molar-refractivity contribution is 7.80. The Morgan fingerprint density at radius 2 is 2.00 bits per heavy atom. The molecule has 6 heteroatoms. The molecule has 0 aliphatic carbocycles. The number of thiocarbonyl (C=S) groups is 1. The zero-order valence-corrected chi connectivity index (χ0v) is 12.8. The van der Waals surface area contributed by atoms with E-state index in [1.165, 1.54) is 0 Å². The molecule has 5 nitrogen and oxygen atoms in total. The molecule has 0 spiro atoms. The van der Waals surface area contributed by atoms with Crippen LogP contribution in [0.1, 0.15) is 32.3 Å². The molecule has 0 aliphatic heterocycles. The Hall–Kier alpha value is -1.82. The van der Waals surface area contributed by atoms with E-state index in [9.17, 15) is 4.79 Å². The fourth-order valence-corrected chi connectivity index (χ4v) is 1.79. The molecule has 0 heterocycles. The lowest BCUT2D eigenvalue weighted by Crippen LogP contribution is -2.48. The van der Waals surface area contributed by atoms with Gasteiger partial charge in [0.05, 0.1) is 0 Å². The van der Waals surface area contributed by atoms with Crippen molar-refractivity contribution in [3.63, 3.8) is 0 Å². The first kappa shape index (κ1) is 16.2. The van der Waals surface area contributed by atoms with Crippen LogP contribution < -0.4 is 20.9 Å². The Labute approximate surface area is 125 Å². The van der Waals surface area contributed by atoms with Crippen LogP contribution in [-0.2, 0) is 4.79 Å². The Morgan fingerprint density at radius 3 is 2.65 bits per heavy atom. The fourth-order valence-electron chi connectivity index (χ4n) is 1.60. The van der Waals surface area contributed by atoms with Gasteiger partial charge in [-0.2, -0.15) is 0 Å². The third-order valence-electron chi connectivity index (χ3n) is 2.55. The second kappa shape index (κ2) is 8.37. The number of carbonyl (C=O) groups is 1. The molecule has 1 rings (SSSR count). The molecule has 0 radical (unpaired) electrons. The molecule has 0 saturated carbocycles. The first-order valence-corrected chi connectivity index (χ1v) is 6.99. The molecule has 20 heavy (non-hydrogen) atoms. The van der Waals surface area contributed by atoms with Gasteiger partial charge in [-0.15, -0.1) is 0 Å². The van der Waals surface area contributed by atoms with Crippen molar-refractivity contribution in [1.82, 2.24) is 16.2 Å². The van der Waals surface area contributed by atoms with E-state index in [2.05, 4.69) is 30.0 Å². The average Bonchev–Trinajstić information content (AvgIpc) is 2.43. The SMILES string of the molecule is CCNC(=S)NNC(=O)COc1ccccc1C(C)C.